The summed E-state index contributed by atoms with van der Waals surface area (Å²) in [6, 6.07) is 9.18. The van der Waals surface area contributed by atoms with Crippen LogP contribution in [0.25, 0.3) is 0 Å². The van der Waals surface area contributed by atoms with E-state index in [4.69, 9.17) is 16.2 Å². The summed E-state index contributed by atoms with van der Waals surface area (Å²) in [5, 5.41) is 2.99. The standard InChI is InChI=1S/C14H14FN3O2/c1-20-12-7-8(5-6-10(12)15)18-11-4-2-3-9(13(11)16)14(17)19/h2-7,18H,16H2,1H3,(H2,17,19). The van der Waals surface area contributed by atoms with Gasteiger partial charge in [-0.3, -0.25) is 4.79 Å². The molecule has 104 valence electrons. The summed E-state index contributed by atoms with van der Waals surface area (Å²) in [6.45, 7) is 0. The average Bonchev–Trinajstić information content (AvgIpc) is 2.42. The maximum atomic E-state index is 13.3. The average molecular weight is 275 g/mol. The van der Waals surface area contributed by atoms with Crippen LogP contribution in [-0.2, 0) is 0 Å². The summed E-state index contributed by atoms with van der Waals surface area (Å²) in [7, 11) is 1.38. The highest BCUT2D eigenvalue weighted by Crippen LogP contribution is 2.28. The van der Waals surface area contributed by atoms with Crippen LogP contribution in [0, 0.1) is 5.82 Å². The predicted octanol–water partition coefficient (Wildman–Crippen LogP) is 2.26. The number of halogens is 1. The molecular formula is C14H14FN3O2. The summed E-state index contributed by atoms with van der Waals surface area (Å²) < 4.78 is 18.2. The summed E-state index contributed by atoms with van der Waals surface area (Å²) in [6.07, 6.45) is 0. The van der Waals surface area contributed by atoms with E-state index in [1.54, 1.807) is 12.1 Å². The van der Waals surface area contributed by atoms with Gasteiger partial charge in [-0.05, 0) is 24.3 Å². The zero-order chi connectivity index (χ0) is 14.7. The second-order valence-electron chi connectivity index (χ2n) is 4.11. The Bertz CT molecular complexity index is 659. The molecule has 0 heterocycles. The molecule has 0 unspecified atom stereocenters. The van der Waals surface area contributed by atoms with Gasteiger partial charge in [0.05, 0.1) is 24.0 Å². The lowest BCUT2D eigenvalue weighted by molar-refractivity contribution is 0.100. The van der Waals surface area contributed by atoms with Gasteiger partial charge in [0.25, 0.3) is 5.91 Å². The van der Waals surface area contributed by atoms with Crippen LogP contribution >= 0.6 is 0 Å². The van der Waals surface area contributed by atoms with E-state index in [2.05, 4.69) is 5.32 Å². The lowest BCUT2D eigenvalue weighted by Crippen LogP contribution is -2.14. The number of hydrogen-bond acceptors (Lipinski definition) is 4. The van der Waals surface area contributed by atoms with E-state index in [0.717, 1.165) is 0 Å². The van der Waals surface area contributed by atoms with Crippen LogP contribution in [0.2, 0.25) is 0 Å². The van der Waals surface area contributed by atoms with Crippen LogP contribution < -0.4 is 21.5 Å². The zero-order valence-electron chi connectivity index (χ0n) is 10.8. The van der Waals surface area contributed by atoms with Crippen molar-refractivity contribution in [2.75, 3.05) is 18.2 Å². The minimum Gasteiger partial charge on any atom is -0.494 e. The van der Waals surface area contributed by atoms with E-state index in [1.807, 2.05) is 0 Å². The third kappa shape index (κ3) is 2.64. The first-order valence-electron chi connectivity index (χ1n) is 5.81. The number of carbonyl (C=O) groups is 1. The molecule has 0 bridgehead atoms. The van der Waals surface area contributed by atoms with Crippen molar-refractivity contribution in [3.05, 3.63) is 47.8 Å². The Kier molecular flexibility index (Phi) is 3.74. The second kappa shape index (κ2) is 5.48. The van der Waals surface area contributed by atoms with Gasteiger partial charge in [0.2, 0.25) is 0 Å². The van der Waals surface area contributed by atoms with Crippen LogP contribution in [-0.4, -0.2) is 13.0 Å². The number of methoxy groups -OCH3 is 1. The number of nitrogens with one attached hydrogen (secondary N) is 1. The van der Waals surface area contributed by atoms with Crippen LogP contribution in [0.1, 0.15) is 10.4 Å². The Morgan fingerprint density at radius 1 is 1.30 bits per heavy atom. The molecule has 5 nitrogen and oxygen atoms in total. The molecule has 0 spiro atoms. The van der Waals surface area contributed by atoms with E-state index in [1.165, 1.54) is 31.4 Å². The van der Waals surface area contributed by atoms with Gasteiger partial charge in [0.1, 0.15) is 0 Å². The van der Waals surface area contributed by atoms with Gasteiger partial charge < -0.3 is 21.5 Å². The number of ether oxygens (including phenoxy) is 1. The number of para-hydroxylation sites is 1. The largest absolute Gasteiger partial charge is 0.494 e. The Hall–Kier alpha value is -2.76. The summed E-state index contributed by atoms with van der Waals surface area (Å²) in [5.41, 5.74) is 12.6. The van der Waals surface area contributed by atoms with E-state index >= 15 is 0 Å². The number of carbonyl (C=O) groups excluding carboxylic acids is 1. The monoisotopic (exact) mass is 275 g/mol. The van der Waals surface area contributed by atoms with Crippen molar-refractivity contribution >= 4 is 23.0 Å². The number of benzene rings is 2. The number of primary amides is 1. The highest BCUT2D eigenvalue weighted by atomic mass is 19.1. The van der Waals surface area contributed by atoms with Crippen LogP contribution in [0.3, 0.4) is 0 Å². The highest BCUT2D eigenvalue weighted by Gasteiger charge is 2.10. The van der Waals surface area contributed by atoms with Crippen LogP contribution in [0.5, 0.6) is 5.75 Å². The fourth-order valence-electron chi connectivity index (χ4n) is 1.78. The van der Waals surface area contributed by atoms with Crippen molar-refractivity contribution in [3.63, 3.8) is 0 Å². The van der Waals surface area contributed by atoms with Gasteiger partial charge in [-0.15, -0.1) is 0 Å². The summed E-state index contributed by atoms with van der Waals surface area (Å²) in [5.74, 6) is -0.959. The minimum atomic E-state index is -0.608. The van der Waals surface area contributed by atoms with Crippen LogP contribution in [0.15, 0.2) is 36.4 Å². The van der Waals surface area contributed by atoms with Crippen molar-refractivity contribution < 1.29 is 13.9 Å². The first-order chi connectivity index (χ1) is 9.52. The van der Waals surface area contributed by atoms with E-state index < -0.39 is 11.7 Å². The van der Waals surface area contributed by atoms with Crippen molar-refractivity contribution in [1.82, 2.24) is 0 Å². The molecule has 5 N–H and O–H groups in total. The maximum Gasteiger partial charge on any atom is 0.250 e. The molecule has 2 aromatic rings. The number of amides is 1. The number of hydrogen-bond donors (Lipinski definition) is 3. The summed E-state index contributed by atoms with van der Waals surface area (Å²) >= 11 is 0. The smallest absolute Gasteiger partial charge is 0.250 e. The van der Waals surface area contributed by atoms with Crippen molar-refractivity contribution in [2.24, 2.45) is 5.73 Å². The minimum absolute atomic E-state index is 0.111. The molecule has 0 aliphatic rings. The third-order valence-electron chi connectivity index (χ3n) is 2.80. The Labute approximate surface area is 115 Å². The highest BCUT2D eigenvalue weighted by molar-refractivity contribution is 6.01. The van der Waals surface area contributed by atoms with Crippen molar-refractivity contribution in [3.8, 4) is 5.75 Å². The maximum absolute atomic E-state index is 13.3. The molecule has 0 saturated heterocycles. The topological polar surface area (TPSA) is 90.4 Å². The normalized spacial score (nSPS) is 10.1. The first-order valence-corrected chi connectivity index (χ1v) is 5.81. The first kappa shape index (κ1) is 13.7. The number of nitrogen functional groups attached to an aromatic ring is 1. The summed E-state index contributed by atoms with van der Waals surface area (Å²) in [4.78, 5) is 11.2. The van der Waals surface area contributed by atoms with E-state index in [-0.39, 0.29) is 17.0 Å². The molecule has 2 rings (SSSR count). The molecule has 1 amide bonds. The SMILES string of the molecule is COc1cc(Nc2cccc(C(N)=O)c2N)ccc1F. The molecule has 0 aliphatic heterocycles. The Morgan fingerprint density at radius 3 is 2.70 bits per heavy atom. The predicted molar refractivity (Wildman–Crippen MR) is 75.6 cm³/mol. The fourth-order valence-corrected chi connectivity index (χ4v) is 1.78. The van der Waals surface area contributed by atoms with Crippen molar-refractivity contribution in [1.29, 1.82) is 0 Å². The molecule has 0 aliphatic carbocycles. The number of anilines is 3. The Morgan fingerprint density at radius 2 is 2.05 bits per heavy atom. The molecule has 2 aromatic carbocycles. The van der Waals surface area contributed by atoms with Gasteiger partial charge >= 0.3 is 0 Å². The lowest BCUT2D eigenvalue weighted by Gasteiger charge is -2.12. The number of rotatable bonds is 4. The van der Waals surface area contributed by atoms with Crippen molar-refractivity contribution in [2.45, 2.75) is 0 Å². The van der Waals surface area contributed by atoms with Gasteiger partial charge in [-0.2, -0.15) is 0 Å². The molecular weight excluding hydrogens is 261 g/mol. The van der Waals surface area contributed by atoms with Gasteiger partial charge in [0.15, 0.2) is 11.6 Å². The van der Waals surface area contributed by atoms with Gasteiger partial charge in [0, 0.05) is 11.8 Å². The molecule has 0 saturated carbocycles. The van der Waals surface area contributed by atoms with Gasteiger partial charge in [-0.25, -0.2) is 4.39 Å². The molecule has 0 radical (unpaired) electrons. The quantitative estimate of drug-likeness (QED) is 0.746. The lowest BCUT2D eigenvalue weighted by atomic mass is 10.1. The molecule has 20 heavy (non-hydrogen) atoms. The number of nitrogens with two attached hydrogens (primary N) is 2. The molecule has 0 atom stereocenters. The van der Waals surface area contributed by atoms with Crippen LogP contribution in [0.4, 0.5) is 21.5 Å². The third-order valence-corrected chi connectivity index (χ3v) is 2.80. The van der Waals surface area contributed by atoms with E-state index in [9.17, 15) is 9.18 Å². The zero-order valence-corrected chi connectivity index (χ0v) is 10.8. The van der Waals surface area contributed by atoms with Gasteiger partial charge in [-0.1, -0.05) is 6.07 Å². The Balaban J connectivity index is 2.35. The van der Waals surface area contributed by atoms with E-state index in [0.29, 0.717) is 11.4 Å². The molecule has 0 fully saturated rings. The second-order valence-corrected chi connectivity index (χ2v) is 4.11. The fraction of sp³-hybridized carbons (Fsp3) is 0.0714. The molecule has 6 heteroatoms. The molecule has 0 aromatic heterocycles.